The molecule has 2 rings (SSSR count). The average Bonchev–Trinajstić information content (AvgIpc) is 2.57. The van der Waals surface area contributed by atoms with Crippen molar-refractivity contribution >= 4 is 5.91 Å². The lowest BCUT2D eigenvalue weighted by molar-refractivity contribution is -0.132. The van der Waals surface area contributed by atoms with E-state index in [2.05, 4.69) is 0 Å². The highest BCUT2D eigenvalue weighted by Crippen LogP contribution is 2.24. The molecule has 122 valence electrons. The number of halogens is 1. The van der Waals surface area contributed by atoms with Gasteiger partial charge in [-0.3, -0.25) is 4.79 Å². The summed E-state index contributed by atoms with van der Waals surface area (Å²) < 4.78 is 18.2. The molecule has 1 amide bonds. The molecule has 2 aromatic carbocycles. The summed E-state index contributed by atoms with van der Waals surface area (Å²) in [6.45, 7) is 4.57. The van der Waals surface area contributed by atoms with Crippen molar-refractivity contribution in [3.63, 3.8) is 0 Å². The molecule has 0 aliphatic heterocycles. The molecule has 0 fully saturated rings. The highest BCUT2D eigenvalue weighted by Gasteiger charge is 2.20. The van der Waals surface area contributed by atoms with Crippen LogP contribution in [0.1, 0.15) is 31.0 Å². The molecule has 4 heteroatoms. The molecule has 0 saturated heterocycles. The van der Waals surface area contributed by atoms with Crippen molar-refractivity contribution in [1.82, 2.24) is 4.90 Å². The molecule has 0 aromatic heterocycles. The molecule has 1 atom stereocenters. The average molecular weight is 315 g/mol. The molecule has 2 aromatic rings. The van der Waals surface area contributed by atoms with Gasteiger partial charge in [-0.1, -0.05) is 24.3 Å². The topological polar surface area (TPSA) is 29.5 Å². The van der Waals surface area contributed by atoms with Crippen LogP contribution < -0.4 is 4.74 Å². The van der Waals surface area contributed by atoms with Crippen LogP contribution in [0.15, 0.2) is 48.5 Å². The Labute approximate surface area is 136 Å². The third kappa shape index (κ3) is 4.31. The highest BCUT2D eigenvalue weighted by molar-refractivity contribution is 5.79. The van der Waals surface area contributed by atoms with Crippen LogP contribution in [-0.2, 0) is 11.2 Å². The van der Waals surface area contributed by atoms with E-state index in [0.717, 1.165) is 16.9 Å². The second-order valence-electron chi connectivity index (χ2n) is 5.44. The molecule has 0 heterocycles. The van der Waals surface area contributed by atoms with Crippen LogP contribution in [0.3, 0.4) is 0 Å². The summed E-state index contributed by atoms with van der Waals surface area (Å²) >= 11 is 0. The summed E-state index contributed by atoms with van der Waals surface area (Å²) in [6.07, 6.45) is 0.266. The number of ether oxygens (including phenoxy) is 1. The minimum atomic E-state index is -0.293. The van der Waals surface area contributed by atoms with E-state index in [9.17, 15) is 9.18 Å². The minimum Gasteiger partial charge on any atom is -0.497 e. The molecule has 0 saturated carbocycles. The first-order valence-electron chi connectivity index (χ1n) is 7.73. The third-order valence-electron chi connectivity index (χ3n) is 3.97. The molecule has 3 nitrogen and oxygen atoms in total. The van der Waals surface area contributed by atoms with E-state index >= 15 is 0 Å². The Kier molecular flexibility index (Phi) is 5.74. The van der Waals surface area contributed by atoms with Crippen molar-refractivity contribution in [2.75, 3.05) is 13.7 Å². The molecular formula is C19H22FNO2. The standard InChI is InChI=1S/C19H22FNO2/c1-4-21(14(2)16-6-5-7-18(13-16)23-3)19(22)12-15-8-10-17(20)11-9-15/h5-11,13-14H,4,12H2,1-3H3. The second kappa shape index (κ2) is 7.77. The van der Waals surface area contributed by atoms with Gasteiger partial charge in [-0.25, -0.2) is 4.39 Å². The van der Waals surface area contributed by atoms with Crippen LogP contribution in [0.5, 0.6) is 5.75 Å². The van der Waals surface area contributed by atoms with Gasteiger partial charge in [0.25, 0.3) is 0 Å². The van der Waals surface area contributed by atoms with Gasteiger partial charge in [-0.05, 0) is 49.2 Å². The largest absolute Gasteiger partial charge is 0.497 e. The third-order valence-corrected chi connectivity index (χ3v) is 3.97. The fraction of sp³-hybridized carbons (Fsp3) is 0.316. The number of benzene rings is 2. The fourth-order valence-electron chi connectivity index (χ4n) is 2.63. The summed E-state index contributed by atoms with van der Waals surface area (Å²) in [5.74, 6) is 0.504. The van der Waals surface area contributed by atoms with E-state index in [1.54, 1.807) is 19.2 Å². The first-order valence-corrected chi connectivity index (χ1v) is 7.73. The summed E-state index contributed by atoms with van der Waals surface area (Å²) in [5, 5.41) is 0. The smallest absolute Gasteiger partial charge is 0.227 e. The number of amides is 1. The molecule has 0 bridgehead atoms. The van der Waals surface area contributed by atoms with E-state index in [1.807, 2.05) is 43.0 Å². The maximum absolute atomic E-state index is 13.0. The predicted octanol–water partition coefficient (Wildman–Crippen LogP) is 3.99. The normalized spacial score (nSPS) is 11.8. The first-order chi connectivity index (χ1) is 11.0. The number of likely N-dealkylation sites (N-methyl/N-ethyl adjacent to an activating group) is 1. The molecule has 0 N–H and O–H groups in total. The number of hydrogen-bond donors (Lipinski definition) is 0. The summed E-state index contributed by atoms with van der Waals surface area (Å²) in [4.78, 5) is 14.4. The Morgan fingerprint density at radius 2 is 1.91 bits per heavy atom. The maximum atomic E-state index is 13.0. The van der Waals surface area contributed by atoms with Crippen molar-refractivity contribution in [2.24, 2.45) is 0 Å². The lowest BCUT2D eigenvalue weighted by Crippen LogP contribution is -2.34. The lowest BCUT2D eigenvalue weighted by atomic mass is 10.0. The van der Waals surface area contributed by atoms with Crippen LogP contribution in [0.4, 0.5) is 4.39 Å². The number of hydrogen-bond acceptors (Lipinski definition) is 2. The Bertz CT molecular complexity index is 655. The van der Waals surface area contributed by atoms with Crippen molar-refractivity contribution in [1.29, 1.82) is 0 Å². The quantitative estimate of drug-likeness (QED) is 0.807. The van der Waals surface area contributed by atoms with Crippen LogP contribution in [-0.4, -0.2) is 24.5 Å². The Balaban J connectivity index is 2.13. The Hall–Kier alpha value is -2.36. The number of methoxy groups -OCH3 is 1. The molecule has 1 unspecified atom stereocenters. The molecule has 0 aliphatic rings. The van der Waals surface area contributed by atoms with Crippen molar-refractivity contribution in [2.45, 2.75) is 26.3 Å². The molecule has 0 radical (unpaired) electrons. The van der Waals surface area contributed by atoms with Crippen LogP contribution in [0.25, 0.3) is 0 Å². The number of rotatable bonds is 6. The zero-order valence-corrected chi connectivity index (χ0v) is 13.8. The van der Waals surface area contributed by atoms with Gasteiger partial charge in [0.2, 0.25) is 5.91 Å². The Morgan fingerprint density at radius 3 is 2.52 bits per heavy atom. The van der Waals surface area contributed by atoms with E-state index in [-0.39, 0.29) is 24.2 Å². The van der Waals surface area contributed by atoms with Crippen molar-refractivity contribution in [3.8, 4) is 5.75 Å². The van der Waals surface area contributed by atoms with Gasteiger partial charge in [-0.2, -0.15) is 0 Å². The van der Waals surface area contributed by atoms with E-state index < -0.39 is 0 Å². The van der Waals surface area contributed by atoms with Gasteiger partial charge < -0.3 is 9.64 Å². The lowest BCUT2D eigenvalue weighted by Gasteiger charge is -2.29. The predicted molar refractivity (Wildman–Crippen MR) is 88.9 cm³/mol. The Morgan fingerprint density at radius 1 is 1.22 bits per heavy atom. The van der Waals surface area contributed by atoms with Gasteiger partial charge in [0.05, 0.1) is 19.6 Å². The van der Waals surface area contributed by atoms with E-state index in [1.165, 1.54) is 12.1 Å². The van der Waals surface area contributed by atoms with Gasteiger partial charge in [0.15, 0.2) is 0 Å². The van der Waals surface area contributed by atoms with Crippen molar-refractivity contribution < 1.29 is 13.9 Å². The number of carbonyl (C=O) groups excluding carboxylic acids is 1. The van der Waals surface area contributed by atoms with Gasteiger partial charge in [-0.15, -0.1) is 0 Å². The molecule has 23 heavy (non-hydrogen) atoms. The van der Waals surface area contributed by atoms with Crippen LogP contribution in [0, 0.1) is 5.82 Å². The van der Waals surface area contributed by atoms with E-state index in [0.29, 0.717) is 6.54 Å². The first kappa shape index (κ1) is 17.0. The SMILES string of the molecule is CCN(C(=O)Cc1ccc(F)cc1)C(C)c1cccc(OC)c1. The van der Waals surface area contributed by atoms with Crippen LogP contribution >= 0.6 is 0 Å². The monoisotopic (exact) mass is 315 g/mol. The second-order valence-corrected chi connectivity index (χ2v) is 5.44. The van der Waals surface area contributed by atoms with Gasteiger partial charge in [0.1, 0.15) is 11.6 Å². The highest BCUT2D eigenvalue weighted by atomic mass is 19.1. The number of nitrogens with zero attached hydrogens (tertiary/aromatic N) is 1. The van der Waals surface area contributed by atoms with Gasteiger partial charge >= 0.3 is 0 Å². The van der Waals surface area contributed by atoms with E-state index in [4.69, 9.17) is 4.74 Å². The van der Waals surface area contributed by atoms with Gasteiger partial charge in [0, 0.05) is 6.54 Å². The molecule has 0 aliphatic carbocycles. The fourth-order valence-corrected chi connectivity index (χ4v) is 2.63. The van der Waals surface area contributed by atoms with Crippen molar-refractivity contribution in [3.05, 3.63) is 65.5 Å². The maximum Gasteiger partial charge on any atom is 0.227 e. The summed E-state index contributed by atoms with van der Waals surface area (Å²) in [5.41, 5.74) is 1.84. The zero-order valence-electron chi connectivity index (χ0n) is 13.8. The molecule has 0 spiro atoms. The molecular weight excluding hydrogens is 293 g/mol. The minimum absolute atomic E-state index is 0.0226. The van der Waals surface area contributed by atoms with Crippen LogP contribution in [0.2, 0.25) is 0 Å². The summed E-state index contributed by atoms with van der Waals surface area (Å²) in [7, 11) is 1.63. The summed E-state index contributed by atoms with van der Waals surface area (Å²) in [6, 6.07) is 13.7. The zero-order chi connectivity index (χ0) is 16.8. The number of carbonyl (C=O) groups is 1.